The van der Waals surface area contributed by atoms with E-state index in [1.54, 1.807) is 7.11 Å². The second-order valence-corrected chi connectivity index (χ2v) is 3.24. The van der Waals surface area contributed by atoms with Crippen LogP contribution in [0.15, 0.2) is 18.2 Å². The molecule has 0 bridgehead atoms. The number of benzene rings is 1. The lowest BCUT2D eigenvalue weighted by Gasteiger charge is -2.04. The van der Waals surface area contributed by atoms with E-state index < -0.39 is 0 Å². The second-order valence-electron chi connectivity index (χ2n) is 3.24. The largest absolute Gasteiger partial charge is 0.494 e. The highest BCUT2D eigenvalue weighted by atomic mass is 16.5. The van der Waals surface area contributed by atoms with Crippen molar-refractivity contribution in [1.29, 1.82) is 0 Å². The molecule has 0 spiro atoms. The van der Waals surface area contributed by atoms with Crippen LogP contribution in [0.2, 0.25) is 0 Å². The van der Waals surface area contributed by atoms with Crippen molar-refractivity contribution in [2.45, 2.75) is 6.54 Å². The summed E-state index contributed by atoms with van der Waals surface area (Å²) in [6.45, 7) is 1.20. The van der Waals surface area contributed by atoms with Gasteiger partial charge < -0.3 is 20.8 Å². The normalized spacial score (nSPS) is 10.8. The summed E-state index contributed by atoms with van der Waals surface area (Å²) < 4.78 is 7.10. The quantitative estimate of drug-likeness (QED) is 0.770. The summed E-state index contributed by atoms with van der Waals surface area (Å²) in [7, 11) is 1.62. The van der Waals surface area contributed by atoms with E-state index in [0.717, 1.165) is 16.8 Å². The van der Waals surface area contributed by atoms with Crippen molar-refractivity contribution in [3.63, 3.8) is 0 Å². The number of hydrogen-bond acceptors (Lipinski definition) is 4. The monoisotopic (exact) mass is 206 g/mol. The summed E-state index contributed by atoms with van der Waals surface area (Å²) in [6.07, 6.45) is 0. The minimum Gasteiger partial charge on any atom is -0.494 e. The Bertz CT molecular complexity index is 477. The van der Waals surface area contributed by atoms with Gasteiger partial charge in [0.15, 0.2) is 0 Å². The molecule has 15 heavy (non-hydrogen) atoms. The zero-order chi connectivity index (χ0) is 10.8. The first-order valence-electron chi connectivity index (χ1n) is 4.76. The van der Waals surface area contributed by atoms with Gasteiger partial charge in [0.1, 0.15) is 11.3 Å². The van der Waals surface area contributed by atoms with Crippen LogP contribution in [0.4, 0.5) is 5.95 Å². The summed E-state index contributed by atoms with van der Waals surface area (Å²) in [5.41, 5.74) is 13.1. The Morgan fingerprint density at radius 3 is 2.93 bits per heavy atom. The minimum atomic E-state index is 0.472. The fourth-order valence-corrected chi connectivity index (χ4v) is 1.67. The molecule has 80 valence electrons. The first kappa shape index (κ1) is 9.79. The van der Waals surface area contributed by atoms with Crippen molar-refractivity contribution in [1.82, 2.24) is 9.55 Å². The lowest BCUT2D eigenvalue weighted by Crippen LogP contribution is -2.11. The SMILES string of the molecule is COc1cccc2c1nc(N)n2CCN. The van der Waals surface area contributed by atoms with Crippen molar-refractivity contribution in [3.8, 4) is 5.75 Å². The molecule has 0 aliphatic rings. The third-order valence-corrected chi connectivity index (χ3v) is 2.34. The van der Waals surface area contributed by atoms with Crippen LogP contribution in [0.5, 0.6) is 5.75 Å². The van der Waals surface area contributed by atoms with E-state index in [9.17, 15) is 0 Å². The Kier molecular flexibility index (Phi) is 2.47. The van der Waals surface area contributed by atoms with Crippen molar-refractivity contribution >= 4 is 17.0 Å². The van der Waals surface area contributed by atoms with Crippen LogP contribution in [-0.2, 0) is 6.54 Å². The van der Waals surface area contributed by atoms with Crippen molar-refractivity contribution in [2.24, 2.45) is 5.73 Å². The summed E-state index contributed by atoms with van der Waals surface area (Å²) in [4.78, 5) is 4.26. The Morgan fingerprint density at radius 2 is 2.27 bits per heavy atom. The van der Waals surface area contributed by atoms with Gasteiger partial charge in [0.25, 0.3) is 0 Å². The van der Waals surface area contributed by atoms with Gasteiger partial charge in [-0.3, -0.25) is 0 Å². The molecule has 0 radical (unpaired) electrons. The average molecular weight is 206 g/mol. The first-order valence-corrected chi connectivity index (χ1v) is 4.76. The standard InChI is InChI=1S/C10H14N4O/c1-15-8-4-2-3-7-9(8)13-10(12)14(7)6-5-11/h2-4H,5-6,11H2,1H3,(H2,12,13). The van der Waals surface area contributed by atoms with Gasteiger partial charge in [-0.1, -0.05) is 6.07 Å². The molecule has 0 aliphatic heterocycles. The van der Waals surface area contributed by atoms with Crippen molar-refractivity contribution in [3.05, 3.63) is 18.2 Å². The molecule has 1 aromatic carbocycles. The third kappa shape index (κ3) is 1.50. The molecular formula is C10H14N4O. The number of nitrogens with two attached hydrogens (primary N) is 2. The van der Waals surface area contributed by atoms with Gasteiger partial charge in [0, 0.05) is 13.1 Å². The number of anilines is 1. The molecule has 1 heterocycles. The molecule has 2 rings (SSSR count). The molecule has 0 unspecified atom stereocenters. The van der Waals surface area contributed by atoms with E-state index in [2.05, 4.69) is 4.98 Å². The van der Waals surface area contributed by atoms with Gasteiger partial charge in [-0.05, 0) is 12.1 Å². The lowest BCUT2D eigenvalue weighted by atomic mass is 10.3. The average Bonchev–Trinajstić information content (AvgIpc) is 2.56. The molecular weight excluding hydrogens is 192 g/mol. The maximum atomic E-state index is 5.80. The smallest absolute Gasteiger partial charge is 0.201 e. The minimum absolute atomic E-state index is 0.472. The van der Waals surface area contributed by atoms with Gasteiger partial charge >= 0.3 is 0 Å². The molecule has 2 aromatic rings. The number of imidazole rings is 1. The predicted octanol–water partition coefficient (Wildman–Crippen LogP) is 0.586. The lowest BCUT2D eigenvalue weighted by molar-refractivity contribution is 0.419. The number of methoxy groups -OCH3 is 1. The molecule has 5 nitrogen and oxygen atoms in total. The second kappa shape index (κ2) is 3.78. The van der Waals surface area contributed by atoms with Crippen LogP contribution in [0.3, 0.4) is 0 Å². The van der Waals surface area contributed by atoms with E-state index in [1.807, 2.05) is 22.8 Å². The van der Waals surface area contributed by atoms with E-state index in [-0.39, 0.29) is 0 Å². The number of hydrogen-bond donors (Lipinski definition) is 2. The summed E-state index contributed by atoms with van der Waals surface area (Å²) in [5, 5.41) is 0. The third-order valence-electron chi connectivity index (χ3n) is 2.34. The highest BCUT2D eigenvalue weighted by Gasteiger charge is 2.10. The van der Waals surface area contributed by atoms with E-state index in [0.29, 0.717) is 19.0 Å². The predicted molar refractivity (Wildman–Crippen MR) is 59.8 cm³/mol. The van der Waals surface area contributed by atoms with Gasteiger partial charge in [0.2, 0.25) is 5.95 Å². The van der Waals surface area contributed by atoms with Crippen LogP contribution in [0.1, 0.15) is 0 Å². The van der Waals surface area contributed by atoms with Crippen LogP contribution >= 0.6 is 0 Å². The van der Waals surface area contributed by atoms with Crippen LogP contribution in [-0.4, -0.2) is 23.2 Å². The number of rotatable bonds is 3. The Hall–Kier alpha value is -1.75. The summed E-state index contributed by atoms with van der Waals surface area (Å²) >= 11 is 0. The van der Waals surface area contributed by atoms with E-state index >= 15 is 0 Å². The van der Waals surface area contributed by atoms with Gasteiger partial charge in [-0.25, -0.2) is 4.98 Å². The fourth-order valence-electron chi connectivity index (χ4n) is 1.67. The summed E-state index contributed by atoms with van der Waals surface area (Å²) in [5.74, 6) is 1.20. The molecule has 1 aromatic heterocycles. The zero-order valence-electron chi connectivity index (χ0n) is 8.60. The Balaban J connectivity index is 2.67. The number of nitrogen functional groups attached to an aromatic ring is 1. The van der Waals surface area contributed by atoms with E-state index in [1.165, 1.54) is 0 Å². The zero-order valence-corrected chi connectivity index (χ0v) is 8.60. The molecule has 0 saturated carbocycles. The van der Waals surface area contributed by atoms with Gasteiger partial charge in [0.05, 0.1) is 12.6 Å². The molecule has 5 heteroatoms. The van der Waals surface area contributed by atoms with E-state index in [4.69, 9.17) is 16.2 Å². The Labute approximate surface area is 87.6 Å². The fraction of sp³-hybridized carbons (Fsp3) is 0.300. The highest BCUT2D eigenvalue weighted by Crippen LogP contribution is 2.26. The van der Waals surface area contributed by atoms with Crippen molar-refractivity contribution < 1.29 is 4.74 Å². The maximum absolute atomic E-state index is 5.80. The van der Waals surface area contributed by atoms with Crippen LogP contribution < -0.4 is 16.2 Å². The van der Waals surface area contributed by atoms with Gasteiger partial charge in [-0.2, -0.15) is 0 Å². The molecule has 4 N–H and O–H groups in total. The number of fused-ring (bicyclic) bond motifs is 1. The topological polar surface area (TPSA) is 79.1 Å². The first-order chi connectivity index (χ1) is 7.27. The number of ether oxygens (including phenoxy) is 1. The Morgan fingerprint density at radius 1 is 1.47 bits per heavy atom. The van der Waals surface area contributed by atoms with Gasteiger partial charge in [-0.15, -0.1) is 0 Å². The van der Waals surface area contributed by atoms with Crippen LogP contribution in [0, 0.1) is 0 Å². The molecule has 0 atom stereocenters. The number of nitrogens with zero attached hydrogens (tertiary/aromatic N) is 2. The number of para-hydroxylation sites is 1. The highest BCUT2D eigenvalue weighted by molar-refractivity contribution is 5.84. The van der Waals surface area contributed by atoms with Crippen LogP contribution in [0.25, 0.3) is 11.0 Å². The molecule has 0 saturated heterocycles. The van der Waals surface area contributed by atoms with Crippen molar-refractivity contribution in [2.75, 3.05) is 19.4 Å². The molecule has 0 aliphatic carbocycles. The maximum Gasteiger partial charge on any atom is 0.201 e. The molecule has 0 fully saturated rings. The molecule has 0 amide bonds. The summed E-state index contributed by atoms with van der Waals surface area (Å²) in [6, 6.07) is 5.73. The number of aromatic nitrogens is 2.